The molecule has 0 fully saturated rings. The van der Waals surface area contributed by atoms with Gasteiger partial charge in [-0.2, -0.15) is 0 Å². The van der Waals surface area contributed by atoms with E-state index in [1.54, 1.807) is 62.6 Å². The Kier molecular flexibility index (Phi) is 5.60. The second kappa shape index (κ2) is 7.65. The van der Waals surface area contributed by atoms with Crippen molar-refractivity contribution in [3.63, 3.8) is 0 Å². The van der Waals surface area contributed by atoms with Gasteiger partial charge in [0.05, 0.1) is 5.02 Å². The first-order valence-electron chi connectivity index (χ1n) is 6.96. The molecule has 2 aromatic rings. The molecule has 2 amide bonds. The lowest BCUT2D eigenvalue weighted by molar-refractivity contribution is -0.118. The van der Waals surface area contributed by atoms with Crippen LogP contribution in [-0.4, -0.2) is 37.4 Å². The Bertz CT molecular complexity index is 716. The number of rotatable bonds is 5. The molecule has 0 saturated heterocycles. The van der Waals surface area contributed by atoms with Crippen LogP contribution in [0.1, 0.15) is 10.4 Å². The van der Waals surface area contributed by atoms with Crippen LogP contribution in [0.5, 0.6) is 5.75 Å². The summed E-state index contributed by atoms with van der Waals surface area (Å²) in [6, 6.07) is 13.7. The molecule has 0 aliphatic rings. The molecule has 120 valence electrons. The first-order valence-corrected chi connectivity index (χ1v) is 7.34. The molecular weight excluding hydrogens is 316 g/mol. The number of hydrogen-bond donors (Lipinski definition) is 1. The number of hydrogen-bond acceptors (Lipinski definition) is 3. The van der Waals surface area contributed by atoms with E-state index in [1.807, 2.05) is 0 Å². The van der Waals surface area contributed by atoms with Gasteiger partial charge in [0.2, 0.25) is 0 Å². The molecule has 0 spiro atoms. The van der Waals surface area contributed by atoms with Crippen molar-refractivity contribution in [1.29, 1.82) is 0 Å². The third-order valence-corrected chi connectivity index (χ3v) is 3.31. The zero-order valence-electron chi connectivity index (χ0n) is 12.9. The maximum absolute atomic E-state index is 11.9. The standard InChI is InChI=1S/C17H17ClN2O3/c1-20(2)17(22)12-6-5-7-13(10-12)19-16(21)11-23-15-9-4-3-8-14(15)18/h3-10H,11H2,1-2H3,(H,19,21). The van der Waals surface area contributed by atoms with Gasteiger partial charge in [-0.3, -0.25) is 9.59 Å². The van der Waals surface area contributed by atoms with E-state index in [1.165, 1.54) is 4.90 Å². The van der Waals surface area contributed by atoms with Crippen LogP contribution in [0.25, 0.3) is 0 Å². The Morgan fingerprint density at radius 2 is 1.87 bits per heavy atom. The molecule has 6 heteroatoms. The third-order valence-electron chi connectivity index (χ3n) is 2.99. The number of halogens is 1. The number of anilines is 1. The molecule has 0 aliphatic carbocycles. The highest BCUT2D eigenvalue weighted by Gasteiger charge is 2.10. The van der Waals surface area contributed by atoms with Crippen molar-refractivity contribution in [3.05, 3.63) is 59.1 Å². The topological polar surface area (TPSA) is 58.6 Å². The van der Waals surface area contributed by atoms with E-state index < -0.39 is 0 Å². The lowest BCUT2D eigenvalue weighted by Crippen LogP contribution is -2.23. The molecular formula is C17H17ClN2O3. The van der Waals surface area contributed by atoms with Crippen molar-refractivity contribution in [2.24, 2.45) is 0 Å². The van der Waals surface area contributed by atoms with Gasteiger partial charge in [-0.05, 0) is 30.3 Å². The molecule has 5 nitrogen and oxygen atoms in total. The van der Waals surface area contributed by atoms with Crippen LogP contribution in [0.15, 0.2) is 48.5 Å². The first kappa shape index (κ1) is 16.8. The van der Waals surface area contributed by atoms with Crippen LogP contribution in [-0.2, 0) is 4.79 Å². The maximum Gasteiger partial charge on any atom is 0.262 e. The number of amides is 2. The van der Waals surface area contributed by atoms with Crippen molar-refractivity contribution in [1.82, 2.24) is 4.90 Å². The molecule has 0 saturated carbocycles. The highest BCUT2D eigenvalue weighted by Crippen LogP contribution is 2.23. The molecule has 0 unspecified atom stereocenters. The highest BCUT2D eigenvalue weighted by molar-refractivity contribution is 6.32. The Hall–Kier alpha value is -2.53. The van der Waals surface area contributed by atoms with E-state index in [4.69, 9.17) is 16.3 Å². The lowest BCUT2D eigenvalue weighted by atomic mass is 10.2. The Morgan fingerprint density at radius 3 is 2.57 bits per heavy atom. The lowest BCUT2D eigenvalue weighted by Gasteiger charge is -2.12. The minimum Gasteiger partial charge on any atom is -0.482 e. The number of carbonyl (C=O) groups excluding carboxylic acids is 2. The summed E-state index contributed by atoms with van der Waals surface area (Å²) in [5, 5.41) is 3.13. The SMILES string of the molecule is CN(C)C(=O)c1cccc(NC(=O)COc2ccccc2Cl)c1. The fraction of sp³-hybridized carbons (Fsp3) is 0.176. The zero-order chi connectivity index (χ0) is 16.8. The van der Waals surface area contributed by atoms with Crippen molar-refractivity contribution in [2.75, 3.05) is 26.0 Å². The summed E-state index contributed by atoms with van der Waals surface area (Å²) in [6.07, 6.45) is 0. The van der Waals surface area contributed by atoms with E-state index in [2.05, 4.69) is 5.32 Å². The first-order chi connectivity index (χ1) is 11.0. The van der Waals surface area contributed by atoms with Crippen LogP contribution in [0, 0.1) is 0 Å². The number of nitrogens with one attached hydrogen (secondary N) is 1. The molecule has 1 N–H and O–H groups in total. The van der Waals surface area contributed by atoms with Gasteiger partial charge in [0.25, 0.3) is 11.8 Å². The number of nitrogens with zero attached hydrogens (tertiary/aromatic N) is 1. The van der Waals surface area contributed by atoms with Gasteiger partial charge in [0.15, 0.2) is 6.61 Å². The predicted molar refractivity (Wildman–Crippen MR) is 90.0 cm³/mol. The van der Waals surface area contributed by atoms with Crippen LogP contribution >= 0.6 is 11.6 Å². The molecule has 2 rings (SSSR count). The minimum atomic E-state index is -0.334. The molecule has 0 aromatic heterocycles. The Morgan fingerprint density at radius 1 is 1.13 bits per heavy atom. The second-order valence-corrected chi connectivity index (χ2v) is 5.45. The van der Waals surface area contributed by atoms with Gasteiger partial charge in [-0.1, -0.05) is 29.8 Å². The number of carbonyl (C=O) groups is 2. The van der Waals surface area contributed by atoms with Gasteiger partial charge in [0.1, 0.15) is 5.75 Å². The fourth-order valence-corrected chi connectivity index (χ4v) is 2.08. The summed E-state index contributed by atoms with van der Waals surface area (Å²) in [5.41, 5.74) is 1.03. The van der Waals surface area contributed by atoms with E-state index >= 15 is 0 Å². The number of ether oxygens (including phenoxy) is 1. The monoisotopic (exact) mass is 332 g/mol. The second-order valence-electron chi connectivity index (χ2n) is 5.05. The van der Waals surface area contributed by atoms with Crippen LogP contribution < -0.4 is 10.1 Å². The number of benzene rings is 2. The minimum absolute atomic E-state index is 0.131. The van der Waals surface area contributed by atoms with E-state index in [9.17, 15) is 9.59 Å². The molecule has 0 bridgehead atoms. The van der Waals surface area contributed by atoms with Crippen molar-refractivity contribution < 1.29 is 14.3 Å². The summed E-state index contributed by atoms with van der Waals surface area (Å²) in [4.78, 5) is 25.3. The smallest absolute Gasteiger partial charge is 0.262 e. The fourth-order valence-electron chi connectivity index (χ4n) is 1.89. The largest absolute Gasteiger partial charge is 0.482 e. The van der Waals surface area contributed by atoms with Crippen LogP contribution in [0.3, 0.4) is 0 Å². The summed E-state index contributed by atoms with van der Waals surface area (Å²) in [5.74, 6) is -0.0198. The Labute approximate surface area is 139 Å². The Balaban J connectivity index is 1.97. The molecule has 0 atom stereocenters. The van der Waals surface area contributed by atoms with Crippen LogP contribution in [0.4, 0.5) is 5.69 Å². The zero-order valence-corrected chi connectivity index (χ0v) is 13.6. The quantitative estimate of drug-likeness (QED) is 0.915. The molecule has 0 aliphatic heterocycles. The summed E-state index contributed by atoms with van der Waals surface area (Å²) < 4.78 is 5.37. The summed E-state index contributed by atoms with van der Waals surface area (Å²) in [6.45, 7) is -0.171. The van der Waals surface area contributed by atoms with E-state index in [0.29, 0.717) is 22.0 Å². The number of para-hydroxylation sites is 1. The van der Waals surface area contributed by atoms with Crippen molar-refractivity contribution in [2.45, 2.75) is 0 Å². The normalized spacial score (nSPS) is 10.0. The summed E-state index contributed by atoms with van der Waals surface area (Å²) >= 11 is 5.95. The van der Waals surface area contributed by atoms with Gasteiger partial charge in [0, 0.05) is 25.3 Å². The average molecular weight is 333 g/mol. The van der Waals surface area contributed by atoms with Gasteiger partial charge < -0.3 is 15.0 Å². The van der Waals surface area contributed by atoms with Crippen molar-refractivity contribution in [3.8, 4) is 5.75 Å². The van der Waals surface area contributed by atoms with Gasteiger partial charge in [-0.25, -0.2) is 0 Å². The van der Waals surface area contributed by atoms with Crippen molar-refractivity contribution >= 4 is 29.1 Å². The molecule has 0 heterocycles. The highest BCUT2D eigenvalue weighted by atomic mass is 35.5. The molecule has 23 heavy (non-hydrogen) atoms. The molecule has 2 aromatic carbocycles. The average Bonchev–Trinajstić information content (AvgIpc) is 2.53. The van der Waals surface area contributed by atoms with E-state index in [-0.39, 0.29) is 18.4 Å². The van der Waals surface area contributed by atoms with Crippen LogP contribution in [0.2, 0.25) is 5.02 Å². The maximum atomic E-state index is 11.9. The van der Waals surface area contributed by atoms with E-state index in [0.717, 1.165) is 0 Å². The predicted octanol–water partition coefficient (Wildman–Crippen LogP) is 3.06. The summed E-state index contributed by atoms with van der Waals surface area (Å²) in [7, 11) is 3.34. The molecule has 0 radical (unpaired) electrons. The third kappa shape index (κ3) is 4.72. The van der Waals surface area contributed by atoms with Gasteiger partial charge >= 0.3 is 0 Å². The van der Waals surface area contributed by atoms with Gasteiger partial charge in [-0.15, -0.1) is 0 Å².